The quantitative estimate of drug-likeness (QED) is 0.668. The highest BCUT2D eigenvalue weighted by molar-refractivity contribution is 6.30. The molecule has 0 aliphatic heterocycles. The zero-order valence-electron chi connectivity index (χ0n) is 14.2. The van der Waals surface area contributed by atoms with Crippen LogP contribution in [0.4, 0.5) is 5.82 Å². The van der Waals surface area contributed by atoms with Gasteiger partial charge in [0.25, 0.3) is 5.91 Å². The first-order valence-electron chi connectivity index (χ1n) is 8.33. The molecular formula is C20H19ClN4O. The van der Waals surface area contributed by atoms with Gasteiger partial charge in [0.15, 0.2) is 0 Å². The number of aromatic nitrogens is 2. The third-order valence-electron chi connectivity index (χ3n) is 3.81. The number of benzene rings is 2. The van der Waals surface area contributed by atoms with Crippen molar-refractivity contribution in [2.24, 2.45) is 0 Å². The second-order valence-electron chi connectivity index (χ2n) is 5.76. The molecule has 3 aromatic rings. The molecule has 1 amide bonds. The zero-order chi connectivity index (χ0) is 18.2. The number of carbonyl (C=O) groups is 1. The minimum Gasteiger partial charge on any atom is -0.365 e. The van der Waals surface area contributed by atoms with E-state index in [2.05, 4.69) is 20.6 Å². The smallest absolute Gasteiger partial charge is 0.271 e. The second-order valence-corrected chi connectivity index (χ2v) is 6.19. The number of amides is 1. The molecule has 0 atom stereocenters. The van der Waals surface area contributed by atoms with Gasteiger partial charge in [-0.15, -0.1) is 0 Å². The van der Waals surface area contributed by atoms with Gasteiger partial charge >= 0.3 is 0 Å². The molecule has 2 N–H and O–H groups in total. The van der Waals surface area contributed by atoms with Crippen LogP contribution in [0.3, 0.4) is 0 Å². The predicted molar refractivity (Wildman–Crippen MR) is 103 cm³/mol. The van der Waals surface area contributed by atoms with E-state index in [0.717, 1.165) is 17.5 Å². The first kappa shape index (κ1) is 17.9. The lowest BCUT2D eigenvalue weighted by Gasteiger charge is -2.07. The van der Waals surface area contributed by atoms with Gasteiger partial charge in [0.2, 0.25) is 0 Å². The highest BCUT2D eigenvalue weighted by Gasteiger charge is 2.07. The summed E-state index contributed by atoms with van der Waals surface area (Å²) in [6.45, 7) is 1.18. The Hall–Kier alpha value is -2.92. The Balaban J connectivity index is 1.46. The number of halogens is 1. The molecule has 0 unspecified atom stereocenters. The third kappa shape index (κ3) is 5.29. The molecule has 5 nitrogen and oxygen atoms in total. The van der Waals surface area contributed by atoms with E-state index < -0.39 is 0 Å². The normalized spacial score (nSPS) is 10.3. The van der Waals surface area contributed by atoms with Gasteiger partial charge in [-0.05, 0) is 29.7 Å². The summed E-state index contributed by atoms with van der Waals surface area (Å²) in [5.41, 5.74) is 2.56. The third-order valence-corrected chi connectivity index (χ3v) is 4.07. The van der Waals surface area contributed by atoms with Crippen molar-refractivity contribution in [3.63, 3.8) is 0 Å². The van der Waals surface area contributed by atoms with Crippen molar-refractivity contribution in [3.05, 3.63) is 88.8 Å². The van der Waals surface area contributed by atoms with Crippen molar-refractivity contribution in [1.29, 1.82) is 0 Å². The number of hydrogen-bond donors (Lipinski definition) is 2. The number of hydrogen-bond acceptors (Lipinski definition) is 4. The number of anilines is 1. The van der Waals surface area contributed by atoms with Crippen LogP contribution in [0, 0.1) is 0 Å². The fraction of sp³-hybridized carbons (Fsp3) is 0.150. The molecule has 26 heavy (non-hydrogen) atoms. The lowest BCUT2D eigenvalue weighted by Crippen LogP contribution is -2.26. The average Bonchev–Trinajstić information content (AvgIpc) is 2.69. The minimum atomic E-state index is -0.235. The highest BCUT2D eigenvalue weighted by Crippen LogP contribution is 2.09. The van der Waals surface area contributed by atoms with Gasteiger partial charge in [-0.2, -0.15) is 0 Å². The molecule has 0 aliphatic rings. The van der Waals surface area contributed by atoms with Crippen LogP contribution in [-0.2, 0) is 13.0 Å². The van der Waals surface area contributed by atoms with Crippen LogP contribution < -0.4 is 10.6 Å². The number of rotatable bonds is 7. The fourth-order valence-corrected chi connectivity index (χ4v) is 2.51. The number of carbonyl (C=O) groups excluding carboxylic acids is 1. The lowest BCUT2D eigenvalue weighted by molar-refractivity contribution is 0.0949. The molecule has 0 fully saturated rings. The summed E-state index contributed by atoms with van der Waals surface area (Å²) in [7, 11) is 0. The first-order valence-corrected chi connectivity index (χ1v) is 8.71. The molecule has 1 heterocycles. The van der Waals surface area contributed by atoms with Gasteiger partial charge in [-0.1, -0.05) is 54.1 Å². The van der Waals surface area contributed by atoms with E-state index in [4.69, 9.17) is 11.6 Å². The Morgan fingerprint density at radius 3 is 2.38 bits per heavy atom. The highest BCUT2D eigenvalue weighted by atomic mass is 35.5. The van der Waals surface area contributed by atoms with E-state index in [9.17, 15) is 4.79 Å². The van der Waals surface area contributed by atoms with Gasteiger partial charge in [0.05, 0.1) is 12.4 Å². The lowest BCUT2D eigenvalue weighted by atomic mass is 10.1. The maximum absolute atomic E-state index is 12.1. The monoisotopic (exact) mass is 366 g/mol. The molecule has 0 saturated carbocycles. The summed E-state index contributed by atoms with van der Waals surface area (Å²) in [4.78, 5) is 20.5. The Kier molecular flexibility index (Phi) is 6.17. The summed E-state index contributed by atoms with van der Waals surface area (Å²) in [5.74, 6) is 0.396. The van der Waals surface area contributed by atoms with Crippen molar-refractivity contribution < 1.29 is 4.79 Å². The topological polar surface area (TPSA) is 66.9 Å². The maximum atomic E-state index is 12.1. The van der Waals surface area contributed by atoms with Gasteiger partial charge in [-0.3, -0.25) is 4.79 Å². The summed E-state index contributed by atoms with van der Waals surface area (Å²) < 4.78 is 0. The SMILES string of the molecule is O=C(NCCc1ccc(Cl)cc1)c1cnc(NCc2ccccc2)cn1. The van der Waals surface area contributed by atoms with Crippen molar-refractivity contribution in [1.82, 2.24) is 15.3 Å². The van der Waals surface area contributed by atoms with Crippen molar-refractivity contribution in [3.8, 4) is 0 Å². The Morgan fingerprint density at radius 1 is 0.923 bits per heavy atom. The van der Waals surface area contributed by atoms with Gasteiger partial charge in [0, 0.05) is 18.1 Å². The molecule has 3 rings (SSSR count). The van der Waals surface area contributed by atoms with E-state index >= 15 is 0 Å². The molecular weight excluding hydrogens is 348 g/mol. The van der Waals surface area contributed by atoms with Crippen LogP contribution in [0.1, 0.15) is 21.6 Å². The van der Waals surface area contributed by atoms with Gasteiger partial charge in [0.1, 0.15) is 11.5 Å². The molecule has 132 valence electrons. The van der Waals surface area contributed by atoms with Crippen LogP contribution in [-0.4, -0.2) is 22.4 Å². The molecule has 0 aliphatic carbocycles. The van der Waals surface area contributed by atoms with E-state index in [1.165, 1.54) is 6.20 Å². The average molecular weight is 367 g/mol. The van der Waals surface area contributed by atoms with Crippen LogP contribution in [0.5, 0.6) is 0 Å². The van der Waals surface area contributed by atoms with Crippen molar-refractivity contribution in [2.75, 3.05) is 11.9 Å². The Bertz CT molecular complexity index is 836. The molecule has 0 spiro atoms. The summed E-state index contributed by atoms with van der Waals surface area (Å²) in [6.07, 6.45) is 3.77. The molecule has 2 aromatic carbocycles. The first-order chi connectivity index (χ1) is 12.7. The van der Waals surface area contributed by atoms with Crippen LogP contribution in [0.2, 0.25) is 5.02 Å². The molecule has 0 radical (unpaired) electrons. The second kappa shape index (κ2) is 8.97. The van der Waals surface area contributed by atoms with Crippen LogP contribution in [0.25, 0.3) is 0 Å². The van der Waals surface area contributed by atoms with Crippen LogP contribution >= 0.6 is 11.6 Å². The molecule has 0 saturated heterocycles. The predicted octanol–water partition coefficient (Wildman–Crippen LogP) is 3.71. The molecule has 0 bridgehead atoms. The molecule has 1 aromatic heterocycles. The van der Waals surface area contributed by atoms with E-state index in [1.54, 1.807) is 6.20 Å². The summed E-state index contributed by atoms with van der Waals surface area (Å²) in [5, 5.41) is 6.73. The van der Waals surface area contributed by atoms with Gasteiger partial charge in [-0.25, -0.2) is 9.97 Å². The summed E-state index contributed by atoms with van der Waals surface area (Å²) in [6, 6.07) is 17.6. The number of nitrogens with zero attached hydrogens (tertiary/aromatic N) is 2. The van der Waals surface area contributed by atoms with E-state index in [0.29, 0.717) is 29.6 Å². The van der Waals surface area contributed by atoms with Gasteiger partial charge < -0.3 is 10.6 Å². The van der Waals surface area contributed by atoms with Crippen LogP contribution in [0.15, 0.2) is 67.0 Å². The van der Waals surface area contributed by atoms with E-state index in [1.807, 2.05) is 54.6 Å². The largest absolute Gasteiger partial charge is 0.365 e. The molecule has 6 heteroatoms. The van der Waals surface area contributed by atoms with E-state index in [-0.39, 0.29) is 5.91 Å². The van der Waals surface area contributed by atoms with Crippen molar-refractivity contribution >= 4 is 23.3 Å². The summed E-state index contributed by atoms with van der Waals surface area (Å²) >= 11 is 5.86. The standard InChI is InChI=1S/C20H19ClN4O/c21-17-8-6-15(7-9-17)10-11-22-20(26)18-13-25-19(14-23-18)24-12-16-4-2-1-3-5-16/h1-9,13-14H,10-12H2,(H,22,26)(H,24,25). The minimum absolute atomic E-state index is 0.235. The Labute approximate surface area is 157 Å². The zero-order valence-corrected chi connectivity index (χ0v) is 14.9. The Morgan fingerprint density at radius 2 is 1.69 bits per heavy atom. The fourth-order valence-electron chi connectivity index (χ4n) is 2.39. The number of nitrogens with one attached hydrogen (secondary N) is 2. The maximum Gasteiger partial charge on any atom is 0.271 e. The van der Waals surface area contributed by atoms with Crippen molar-refractivity contribution in [2.45, 2.75) is 13.0 Å².